The minimum absolute atomic E-state index is 0.642. The van der Waals surface area contributed by atoms with E-state index in [2.05, 4.69) is 62.2 Å². The fourth-order valence-electron chi connectivity index (χ4n) is 3.16. The van der Waals surface area contributed by atoms with Crippen LogP contribution in [-0.2, 0) is 0 Å². The number of nitrogens with one attached hydrogen (secondary N) is 1. The van der Waals surface area contributed by atoms with E-state index in [1.165, 1.54) is 50.1 Å². The van der Waals surface area contributed by atoms with Crippen LogP contribution in [0.4, 0.5) is 5.69 Å². The van der Waals surface area contributed by atoms with E-state index >= 15 is 0 Å². The molecule has 21 heavy (non-hydrogen) atoms. The van der Waals surface area contributed by atoms with E-state index in [1.807, 2.05) is 0 Å². The standard InChI is InChI=1S/C19H32N2/c1-5-16(4)17-6-8-18(9-7-17)20-19-10-12-21(13-11-19)14-15(2)3/h6-9,15-16,19-20H,5,10-14H2,1-4H3. The van der Waals surface area contributed by atoms with E-state index in [0.29, 0.717) is 12.0 Å². The first kappa shape index (κ1) is 16.4. The third kappa shape index (κ3) is 5.03. The number of anilines is 1. The minimum atomic E-state index is 0.642. The molecule has 0 bridgehead atoms. The van der Waals surface area contributed by atoms with Gasteiger partial charge in [-0.15, -0.1) is 0 Å². The van der Waals surface area contributed by atoms with Crippen LogP contribution in [0.3, 0.4) is 0 Å². The summed E-state index contributed by atoms with van der Waals surface area (Å²) in [6, 6.07) is 9.71. The van der Waals surface area contributed by atoms with Crippen LogP contribution in [0, 0.1) is 5.92 Å². The molecule has 118 valence electrons. The lowest BCUT2D eigenvalue weighted by Crippen LogP contribution is -2.40. The van der Waals surface area contributed by atoms with Crippen molar-refractivity contribution in [2.24, 2.45) is 5.92 Å². The van der Waals surface area contributed by atoms with Crippen LogP contribution in [0.25, 0.3) is 0 Å². The molecule has 1 unspecified atom stereocenters. The molecule has 1 heterocycles. The summed E-state index contributed by atoms with van der Waals surface area (Å²) < 4.78 is 0. The van der Waals surface area contributed by atoms with Gasteiger partial charge < -0.3 is 10.2 Å². The molecule has 1 atom stereocenters. The van der Waals surface area contributed by atoms with Crippen LogP contribution in [0.2, 0.25) is 0 Å². The SMILES string of the molecule is CCC(C)c1ccc(NC2CCN(CC(C)C)CC2)cc1. The lowest BCUT2D eigenvalue weighted by Gasteiger charge is -2.33. The van der Waals surface area contributed by atoms with Gasteiger partial charge in [0.15, 0.2) is 0 Å². The first-order valence-corrected chi connectivity index (χ1v) is 8.67. The van der Waals surface area contributed by atoms with E-state index < -0.39 is 0 Å². The summed E-state index contributed by atoms with van der Waals surface area (Å²) in [5.41, 5.74) is 2.74. The molecule has 0 amide bonds. The third-order valence-electron chi connectivity index (χ3n) is 4.67. The lowest BCUT2D eigenvalue weighted by molar-refractivity contribution is 0.198. The Morgan fingerprint density at radius 2 is 1.71 bits per heavy atom. The zero-order chi connectivity index (χ0) is 15.2. The largest absolute Gasteiger partial charge is 0.382 e. The highest BCUT2D eigenvalue weighted by molar-refractivity contribution is 5.46. The fourth-order valence-corrected chi connectivity index (χ4v) is 3.16. The normalized spacial score (nSPS) is 18.9. The van der Waals surface area contributed by atoms with Crippen molar-refractivity contribution in [3.63, 3.8) is 0 Å². The van der Waals surface area contributed by atoms with Gasteiger partial charge in [0, 0.05) is 31.4 Å². The molecule has 1 aromatic rings. The fraction of sp³-hybridized carbons (Fsp3) is 0.684. The van der Waals surface area contributed by atoms with Crippen LogP contribution < -0.4 is 5.32 Å². The molecule has 2 heteroatoms. The highest BCUT2D eigenvalue weighted by atomic mass is 15.1. The second kappa shape index (κ2) is 7.84. The Kier molecular flexibility index (Phi) is 6.10. The van der Waals surface area contributed by atoms with Gasteiger partial charge in [0.1, 0.15) is 0 Å². The van der Waals surface area contributed by atoms with Gasteiger partial charge in [-0.2, -0.15) is 0 Å². The van der Waals surface area contributed by atoms with E-state index in [4.69, 9.17) is 0 Å². The first-order valence-electron chi connectivity index (χ1n) is 8.67. The van der Waals surface area contributed by atoms with Gasteiger partial charge in [-0.1, -0.05) is 39.8 Å². The molecule has 2 nitrogen and oxygen atoms in total. The van der Waals surface area contributed by atoms with Gasteiger partial charge in [0.05, 0.1) is 0 Å². The number of piperidine rings is 1. The Hall–Kier alpha value is -1.02. The van der Waals surface area contributed by atoms with Crippen molar-refractivity contribution in [3.8, 4) is 0 Å². The van der Waals surface area contributed by atoms with Crippen LogP contribution >= 0.6 is 0 Å². The van der Waals surface area contributed by atoms with Gasteiger partial charge in [-0.25, -0.2) is 0 Å². The topological polar surface area (TPSA) is 15.3 Å². The molecule has 1 aromatic carbocycles. The van der Waals surface area contributed by atoms with Crippen molar-refractivity contribution < 1.29 is 0 Å². The summed E-state index contributed by atoms with van der Waals surface area (Å²) in [7, 11) is 0. The predicted molar refractivity (Wildman–Crippen MR) is 93.1 cm³/mol. The van der Waals surface area contributed by atoms with Crippen LogP contribution in [0.15, 0.2) is 24.3 Å². The maximum atomic E-state index is 3.71. The highest BCUT2D eigenvalue weighted by Gasteiger charge is 2.19. The number of hydrogen-bond acceptors (Lipinski definition) is 2. The molecule has 1 aliphatic heterocycles. The van der Waals surface area contributed by atoms with Crippen molar-refractivity contribution in [3.05, 3.63) is 29.8 Å². The molecular weight excluding hydrogens is 256 g/mol. The Morgan fingerprint density at radius 3 is 2.24 bits per heavy atom. The molecule has 0 saturated carbocycles. The Bertz CT molecular complexity index is 402. The van der Waals surface area contributed by atoms with E-state index in [9.17, 15) is 0 Å². The second-order valence-electron chi connectivity index (χ2n) is 7.04. The van der Waals surface area contributed by atoms with E-state index in [-0.39, 0.29) is 0 Å². The molecule has 0 aromatic heterocycles. The average Bonchev–Trinajstić information content (AvgIpc) is 2.49. The summed E-state index contributed by atoms with van der Waals surface area (Å²) in [5, 5.41) is 3.71. The Balaban J connectivity index is 1.80. The summed E-state index contributed by atoms with van der Waals surface area (Å²) in [6.45, 7) is 12.9. The summed E-state index contributed by atoms with van der Waals surface area (Å²) >= 11 is 0. The van der Waals surface area contributed by atoms with Crippen LogP contribution in [0.5, 0.6) is 0 Å². The Labute approximate surface area is 130 Å². The van der Waals surface area contributed by atoms with Crippen molar-refractivity contribution in [1.29, 1.82) is 0 Å². The number of rotatable bonds is 6. The molecule has 0 aliphatic carbocycles. The maximum Gasteiger partial charge on any atom is 0.0342 e. The van der Waals surface area contributed by atoms with Crippen molar-refractivity contribution in [2.75, 3.05) is 25.0 Å². The van der Waals surface area contributed by atoms with E-state index in [1.54, 1.807) is 0 Å². The number of likely N-dealkylation sites (tertiary alicyclic amines) is 1. The van der Waals surface area contributed by atoms with E-state index in [0.717, 1.165) is 5.92 Å². The lowest BCUT2D eigenvalue weighted by atomic mass is 9.98. The van der Waals surface area contributed by atoms with Crippen LogP contribution in [0.1, 0.15) is 58.4 Å². The predicted octanol–water partition coefficient (Wildman–Crippen LogP) is 4.73. The maximum absolute atomic E-state index is 3.71. The van der Waals surface area contributed by atoms with Gasteiger partial charge in [-0.3, -0.25) is 0 Å². The summed E-state index contributed by atoms with van der Waals surface area (Å²) in [4.78, 5) is 2.61. The van der Waals surface area contributed by atoms with Gasteiger partial charge >= 0.3 is 0 Å². The molecule has 0 radical (unpaired) electrons. The van der Waals surface area contributed by atoms with Crippen molar-refractivity contribution in [1.82, 2.24) is 4.90 Å². The number of benzene rings is 1. The number of hydrogen-bond donors (Lipinski definition) is 1. The summed E-state index contributed by atoms with van der Waals surface area (Å²) in [6.07, 6.45) is 3.74. The van der Waals surface area contributed by atoms with Crippen LogP contribution in [-0.4, -0.2) is 30.6 Å². The summed E-state index contributed by atoms with van der Waals surface area (Å²) in [5.74, 6) is 1.45. The average molecular weight is 288 g/mol. The third-order valence-corrected chi connectivity index (χ3v) is 4.67. The minimum Gasteiger partial charge on any atom is -0.382 e. The zero-order valence-corrected chi connectivity index (χ0v) is 14.2. The first-order chi connectivity index (χ1) is 10.1. The smallest absolute Gasteiger partial charge is 0.0342 e. The molecule has 1 aliphatic rings. The second-order valence-corrected chi connectivity index (χ2v) is 7.04. The molecule has 1 N–H and O–H groups in total. The van der Waals surface area contributed by atoms with Gasteiger partial charge in [0.2, 0.25) is 0 Å². The molecular formula is C19H32N2. The highest BCUT2D eigenvalue weighted by Crippen LogP contribution is 2.22. The monoisotopic (exact) mass is 288 g/mol. The van der Waals surface area contributed by atoms with Crippen molar-refractivity contribution >= 4 is 5.69 Å². The molecule has 1 fully saturated rings. The molecule has 2 rings (SSSR count). The quantitative estimate of drug-likeness (QED) is 0.814. The van der Waals surface area contributed by atoms with Gasteiger partial charge in [0.25, 0.3) is 0 Å². The zero-order valence-electron chi connectivity index (χ0n) is 14.2. The van der Waals surface area contributed by atoms with Crippen molar-refractivity contribution in [2.45, 2.75) is 58.9 Å². The molecule has 1 saturated heterocycles. The number of nitrogens with zero attached hydrogens (tertiary/aromatic N) is 1. The molecule has 0 spiro atoms. The Morgan fingerprint density at radius 1 is 1.10 bits per heavy atom. The van der Waals surface area contributed by atoms with Gasteiger partial charge in [-0.05, 0) is 48.8 Å².